The molecule has 2 aromatic carbocycles. The van der Waals surface area contributed by atoms with E-state index in [0.29, 0.717) is 31.6 Å². The number of hydrogen-bond acceptors (Lipinski definition) is 2. The summed E-state index contributed by atoms with van der Waals surface area (Å²) in [6.45, 7) is 1.07. The molecule has 0 bridgehead atoms. The standard InChI is InChI=1S/C18H19F2N3O2/c19-15-6-2-13(3-7-15)12-23-18(25)22-11-1-10-21-17(24)14-4-8-16(20)9-5-14/h2-9H,1,10-12H2,(H,21,24)(H2,22,23,25). The van der Waals surface area contributed by atoms with Gasteiger partial charge in [-0.15, -0.1) is 0 Å². The zero-order chi connectivity index (χ0) is 18.1. The summed E-state index contributed by atoms with van der Waals surface area (Å²) in [7, 11) is 0. The normalized spacial score (nSPS) is 10.2. The first kappa shape index (κ1) is 18.4. The molecule has 3 N–H and O–H groups in total. The Balaban J connectivity index is 1.57. The molecule has 0 aliphatic heterocycles. The number of amides is 3. The number of benzene rings is 2. The van der Waals surface area contributed by atoms with Crippen molar-refractivity contribution >= 4 is 11.9 Å². The molecule has 0 spiro atoms. The fourth-order valence-electron chi connectivity index (χ4n) is 2.04. The van der Waals surface area contributed by atoms with Crippen molar-refractivity contribution in [2.75, 3.05) is 13.1 Å². The minimum atomic E-state index is -0.396. The van der Waals surface area contributed by atoms with Crippen molar-refractivity contribution in [2.24, 2.45) is 0 Å². The average Bonchev–Trinajstić information content (AvgIpc) is 2.61. The van der Waals surface area contributed by atoms with Crippen LogP contribution in [0.2, 0.25) is 0 Å². The molecule has 2 aromatic rings. The van der Waals surface area contributed by atoms with Gasteiger partial charge in [-0.3, -0.25) is 4.79 Å². The van der Waals surface area contributed by atoms with E-state index >= 15 is 0 Å². The smallest absolute Gasteiger partial charge is 0.315 e. The van der Waals surface area contributed by atoms with Crippen molar-refractivity contribution < 1.29 is 18.4 Å². The first-order valence-corrected chi connectivity index (χ1v) is 7.84. The molecule has 25 heavy (non-hydrogen) atoms. The molecule has 132 valence electrons. The minimum Gasteiger partial charge on any atom is -0.352 e. The maximum Gasteiger partial charge on any atom is 0.315 e. The van der Waals surface area contributed by atoms with Gasteiger partial charge in [0.25, 0.3) is 5.91 Å². The van der Waals surface area contributed by atoms with Crippen molar-refractivity contribution in [1.82, 2.24) is 16.0 Å². The SMILES string of the molecule is O=C(NCCCNC(=O)c1ccc(F)cc1)NCc1ccc(F)cc1. The second-order valence-electron chi connectivity index (χ2n) is 5.35. The van der Waals surface area contributed by atoms with Gasteiger partial charge in [-0.1, -0.05) is 12.1 Å². The first-order chi connectivity index (χ1) is 12.0. The van der Waals surface area contributed by atoms with Crippen LogP contribution in [0.3, 0.4) is 0 Å². The molecule has 2 rings (SSSR count). The van der Waals surface area contributed by atoms with Crippen LogP contribution in [0.4, 0.5) is 13.6 Å². The number of rotatable bonds is 7. The van der Waals surface area contributed by atoms with Crippen LogP contribution >= 0.6 is 0 Å². The Morgan fingerprint density at radius 1 is 0.760 bits per heavy atom. The van der Waals surface area contributed by atoms with Crippen molar-refractivity contribution in [3.63, 3.8) is 0 Å². The Morgan fingerprint density at radius 3 is 1.96 bits per heavy atom. The summed E-state index contributed by atoms with van der Waals surface area (Å²) in [6.07, 6.45) is 0.552. The van der Waals surface area contributed by atoms with Gasteiger partial charge in [0.1, 0.15) is 11.6 Å². The lowest BCUT2D eigenvalue weighted by molar-refractivity contribution is 0.0953. The van der Waals surface area contributed by atoms with Crippen LogP contribution in [-0.4, -0.2) is 25.0 Å². The molecular weight excluding hydrogens is 328 g/mol. The van der Waals surface area contributed by atoms with Crippen LogP contribution in [0.25, 0.3) is 0 Å². The van der Waals surface area contributed by atoms with Gasteiger partial charge in [0.2, 0.25) is 0 Å². The highest BCUT2D eigenvalue weighted by atomic mass is 19.1. The zero-order valence-corrected chi connectivity index (χ0v) is 13.5. The average molecular weight is 347 g/mol. The van der Waals surface area contributed by atoms with Gasteiger partial charge in [-0.2, -0.15) is 0 Å². The van der Waals surface area contributed by atoms with E-state index in [4.69, 9.17) is 0 Å². The Kier molecular flexibility index (Phi) is 6.88. The van der Waals surface area contributed by atoms with Gasteiger partial charge in [0.15, 0.2) is 0 Å². The van der Waals surface area contributed by atoms with Gasteiger partial charge in [-0.25, -0.2) is 13.6 Å². The monoisotopic (exact) mass is 347 g/mol. The molecule has 7 heteroatoms. The lowest BCUT2D eigenvalue weighted by atomic mass is 10.2. The third-order valence-electron chi connectivity index (χ3n) is 3.40. The van der Waals surface area contributed by atoms with Gasteiger partial charge < -0.3 is 16.0 Å². The van der Waals surface area contributed by atoms with E-state index in [0.717, 1.165) is 5.56 Å². The third-order valence-corrected chi connectivity index (χ3v) is 3.40. The second kappa shape index (κ2) is 9.36. The van der Waals surface area contributed by atoms with Crippen molar-refractivity contribution in [1.29, 1.82) is 0 Å². The van der Waals surface area contributed by atoms with E-state index in [1.165, 1.54) is 36.4 Å². The van der Waals surface area contributed by atoms with Crippen LogP contribution in [-0.2, 0) is 6.54 Å². The summed E-state index contributed by atoms with van der Waals surface area (Å²) in [4.78, 5) is 23.4. The fraction of sp³-hybridized carbons (Fsp3) is 0.222. The van der Waals surface area contributed by atoms with E-state index in [9.17, 15) is 18.4 Å². The molecule has 0 aliphatic carbocycles. The predicted octanol–water partition coefficient (Wildman–Crippen LogP) is 2.58. The molecule has 0 unspecified atom stereocenters. The number of carbonyl (C=O) groups is 2. The van der Waals surface area contributed by atoms with Crippen molar-refractivity contribution in [3.8, 4) is 0 Å². The largest absolute Gasteiger partial charge is 0.352 e. The zero-order valence-electron chi connectivity index (χ0n) is 13.5. The maximum atomic E-state index is 12.8. The second-order valence-corrected chi connectivity index (χ2v) is 5.35. The quantitative estimate of drug-likeness (QED) is 0.674. The molecular formula is C18H19F2N3O2. The van der Waals surface area contributed by atoms with E-state index in [2.05, 4.69) is 16.0 Å². The molecule has 3 amide bonds. The van der Waals surface area contributed by atoms with E-state index < -0.39 is 5.82 Å². The molecule has 0 atom stereocenters. The predicted molar refractivity (Wildman–Crippen MR) is 90.0 cm³/mol. The summed E-state index contributed by atoms with van der Waals surface area (Å²) in [5.74, 6) is -1.01. The number of halogens is 2. The fourth-order valence-corrected chi connectivity index (χ4v) is 2.04. The summed E-state index contributed by atoms with van der Waals surface area (Å²) < 4.78 is 25.5. The van der Waals surface area contributed by atoms with Crippen LogP contribution in [0, 0.1) is 11.6 Å². The summed E-state index contributed by atoms with van der Waals surface area (Å²) in [5, 5.41) is 8.00. The van der Waals surface area contributed by atoms with E-state index in [-0.39, 0.29) is 17.8 Å². The van der Waals surface area contributed by atoms with E-state index in [1.54, 1.807) is 12.1 Å². The molecule has 0 radical (unpaired) electrons. The number of hydrogen-bond donors (Lipinski definition) is 3. The third kappa shape index (κ3) is 6.58. The van der Waals surface area contributed by atoms with Crippen LogP contribution in [0.5, 0.6) is 0 Å². The topological polar surface area (TPSA) is 70.2 Å². The summed E-state index contributed by atoms with van der Waals surface area (Å²) >= 11 is 0. The van der Waals surface area contributed by atoms with Crippen molar-refractivity contribution in [3.05, 3.63) is 71.3 Å². The van der Waals surface area contributed by atoms with Gasteiger partial charge in [0, 0.05) is 25.2 Å². The lowest BCUT2D eigenvalue weighted by Crippen LogP contribution is -2.36. The molecule has 0 heterocycles. The first-order valence-electron chi connectivity index (χ1n) is 7.84. The Labute approximate surface area is 144 Å². The number of nitrogens with one attached hydrogen (secondary N) is 3. The Hall–Kier alpha value is -2.96. The van der Waals surface area contributed by atoms with Crippen LogP contribution < -0.4 is 16.0 Å². The van der Waals surface area contributed by atoms with Gasteiger partial charge in [0.05, 0.1) is 0 Å². The summed E-state index contributed by atoms with van der Waals surface area (Å²) in [6, 6.07) is 10.8. The molecule has 0 fully saturated rings. The number of carbonyl (C=O) groups excluding carboxylic acids is 2. The molecule has 0 saturated heterocycles. The van der Waals surface area contributed by atoms with Gasteiger partial charge >= 0.3 is 6.03 Å². The highest BCUT2D eigenvalue weighted by Crippen LogP contribution is 2.03. The van der Waals surface area contributed by atoms with Crippen LogP contribution in [0.15, 0.2) is 48.5 Å². The minimum absolute atomic E-state index is 0.291. The summed E-state index contributed by atoms with van der Waals surface area (Å²) in [5.41, 5.74) is 1.18. The highest BCUT2D eigenvalue weighted by molar-refractivity contribution is 5.94. The molecule has 0 saturated carbocycles. The van der Waals surface area contributed by atoms with Crippen LogP contribution in [0.1, 0.15) is 22.3 Å². The van der Waals surface area contributed by atoms with Crippen molar-refractivity contribution in [2.45, 2.75) is 13.0 Å². The highest BCUT2D eigenvalue weighted by Gasteiger charge is 2.05. The van der Waals surface area contributed by atoms with Gasteiger partial charge in [-0.05, 0) is 48.4 Å². The maximum absolute atomic E-state index is 12.8. The Bertz CT molecular complexity index is 703. The Morgan fingerprint density at radius 2 is 1.32 bits per heavy atom. The molecule has 0 aromatic heterocycles. The molecule has 0 aliphatic rings. The number of urea groups is 1. The lowest BCUT2D eigenvalue weighted by Gasteiger charge is -2.08. The molecule has 5 nitrogen and oxygen atoms in total. The van der Waals surface area contributed by atoms with E-state index in [1.807, 2.05) is 0 Å².